The Morgan fingerprint density at radius 2 is 1.42 bits per heavy atom. The van der Waals surface area contributed by atoms with E-state index in [1.165, 1.54) is 4.90 Å². The summed E-state index contributed by atoms with van der Waals surface area (Å²) in [5.74, 6) is -0.0387. The van der Waals surface area contributed by atoms with Crippen molar-refractivity contribution in [1.82, 2.24) is 0 Å². The molecule has 2 aromatic carbocycles. The standard InChI is InChI=1S/C29H26N2O5/c1-15-2-4-17(5-3-15)30-14-16(12-24(30)32)29(35)36-19-8-6-18(7-9-19)31-27(33)25-20-10-11-21(23-13-22(20)23)26(25)28(31)34/h2-11,16,20-23,25-26H,12-14H2,1H3/t16-,20-,21-,22-,23-,25-,26+/m1/s1. The number of carbonyl (C=O) groups excluding carboxylic acids is 4. The van der Waals surface area contributed by atoms with Crippen molar-refractivity contribution in [1.29, 1.82) is 0 Å². The van der Waals surface area contributed by atoms with Gasteiger partial charge in [-0.25, -0.2) is 0 Å². The van der Waals surface area contributed by atoms with Crippen LogP contribution in [0, 0.1) is 48.3 Å². The number of anilines is 2. The zero-order chi connectivity index (χ0) is 24.7. The van der Waals surface area contributed by atoms with Gasteiger partial charge in [0.05, 0.1) is 23.4 Å². The van der Waals surface area contributed by atoms with E-state index in [1.54, 1.807) is 29.2 Å². The Labute approximate surface area is 208 Å². The van der Waals surface area contributed by atoms with Crippen molar-refractivity contribution in [3.05, 3.63) is 66.2 Å². The van der Waals surface area contributed by atoms with E-state index < -0.39 is 11.9 Å². The predicted octanol–water partition coefficient (Wildman–Crippen LogP) is 3.51. The zero-order valence-corrected chi connectivity index (χ0v) is 19.9. The lowest BCUT2D eigenvalue weighted by atomic mass is 9.63. The monoisotopic (exact) mass is 482 g/mol. The number of nitrogens with zero attached hydrogens (tertiary/aromatic N) is 2. The van der Waals surface area contributed by atoms with E-state index in [-0.39, 0.29) is 54.4 Å². The second-order valence-electron chi connectivity index (χ2n) is 10.8. The van der Waals surface area contributed by atoms with Gasteiger partial charge in [-0.1, -0.05) is 29.8 Å². The van der Waals surface area contributed by atoms with Crippen molar-refractivity contribution in [2.45, 2.75) is 19.8 Å². The summed E-state index contributed by atoms with van der Waals surface area (Å²) >= 11 is 0. The van der Waals surface area contributed by atoms with Crippen LogP contribution in [0.4, 0.5) is 11.4 Å². The topological polar surface area (TPSA) is 84.0 Å². The number of ether oxygens (including phenoxy) is 1. The highest BCUT2D eigenvalue weighted by Crippen LogP contribution is 2.65. The van der Waals surface area contributed by atoms with Crippen molar-refractivity contribution in [2.75, 3.05) is 16.3 Å². The summed E-state index contributed by atoms with van der Waals surface area (Å²) in [5.41, 5.74) is 2.38. The van der Waals surface area contributed by atoms with Crippen molar-refractivity contribution in [3.8, 4) is 5.75 Å². The number of allylic oxidation sites excluding steroid dienone is 2. The van der Waals surface area contributed by atoms with Crippen LogP contribution in [0.1, 0.15) is 18.4 Å². The molecule has 182 valence electrons. The van der Waals surface area contributed by atoms with Gasteiger partial charge in [0.1, 0.15) is 5.75 Å². The Balaban J connectivity index is 1.03. The first-order valence-corrected chi connectivity index (χ1v) is 12.7. The molecular weight excluding hydrogens is 456 g/mol. The first kappa shape index (κ1) is 21.5. The summed E-state index contributed by atoms with van der Waals surface area (Å²) in [7, 11) is 0. The van der Waals surface area contributed by atoms with Crippen LogP contribution in [0.5, 0.6) is 5.75 Å². The summed E-state index contributed by atoms with van der Waals surface area (Å²) in [4.78, 5) is 54.8. The third-order valence-corrected chi connectivity index (χ3v) is 8.78. The van der Waals surface area contributed by atoms with E-state index in [9.17, 15) is 19.2 Å². The zero-order valence-electron chi connectivity index (χ0n) is 19.9. The number of rotatable bonds is 4. The fourth-order valence-corrected chi connectivity index (χ4v) is 6.91. The van der Waals surface area contributed by atoms with Gasteiger partial charge in [-0.05, 0) is 73.4 Å². The molecule has 0 N–H and O–H groups in total. The number of benzene rings is 2. The average molecular weight is 483 g/mol. The van der Waals surface area contributed by atoms with Crippen LogP contribution in [-0.4, -0.2) is 30.2 Å². The maximum Gasteiger partial charge on any atom is 0.316 e. The van der Waals surface area contributed by atoms with Crippen molar-refractivity contribution in [3.63, 3.8) is 0 Å². The predicted molar refractivity (Wildman–Crippen MR) is 131 cm³/mol. The molecule has 3 amide bonds. The van der Waals surface area contributed by atoms with Crippen molar-refractivity contribution in [2.24, 2.45) is 41.4 Å². The Morgan fingerprint density at radius 3 is 2.03 bits per heavy atom. The Morgan fingerprint density at radius 1 is 0.833 bits per heavy atom. The molecule has 2 aromatic rings. The lowest BCUT2D eigenvalue weighted by molar-refractivity contribution is -0.139. The maximum absolute atomic E-state index is 13.3. The van der Waals surface area contributed by atoms with Gasteiger partial charge in [0.15, 0.2) is 0 Å². The molecule has 7 nitrogen and oxygen atoms in total. The number of imide groups is 1. The molecule has 0 spiro atoms. The quantitative estimate of drug-likeness (QED) is 0.288. The van der Waals surface area contributed by atoms with Crippen LogP contribution in [0.2, 0.25) is 0 Å². The molecule has 4 fully saturated rings. The molecular formula is C29H26N2O5. The maximum atomic E-state index is 13.3. The van der Waals surface area contributed by atoms with Crippen LogP contribution in [-0.2, 0) is 19.2 Å². The van der Waals surface area contributed by atoms with Crippen molar-refractivity contribution < 1.29 is 23.9 Å². The number of amides is 3. The van der Waals surface area contributed by atoms with E-state index >= 15 is 0 Å². The largest absolute Gasteiger partial charge is 0.426 e. The number of hydrogen-bond donors (Lipinski definition) is 0. The Kier molecular flexibility index (Phi) is 4.56. The molecule has 2 saturated carbocycles. The second-order valence-corrected chi connectivity index (χ2v) is 10.8. The van der Waals surface area contributed by atoms with Crippen LogP contribution >= 0.6 is 0 Å². The number of esters is 1. The molecule has 7 atom stereocenters. The van der Waals surface area contributed by atoms with Crippen molar-refractivity contribution >= 4 is 35.1 Å². The Hall–Kier alpha value is -3.74. The highest BCUT2D eigenvalue weighted by Gasteiger charge is 2.67. The molecule has 2 heterocycles. The minimum Gasteiger partial charge on any atom is -0.426 e. The van der Waals surface area contributed by atoms with E-state index in [0.29, 0.717) is 23.3 Å². The Bertz CT molecular complexity index is 1290. The molecule has 4 aliphatic carbocycles. The summed E-state index contributed by atoms with van der Waals surface area (Å²) in [6.07, 6.45) is 5.55. The molecule has 7 heteroatoms. The average Bonchev–Trinajstić information content (AvgIpc) is 3.56. The van der Waals surface area contributed by atoms with Gasteiger partial charge >= 0.3 is 5.97 Å². The fourth-order valence-electron chi connectivity index (χ4n) is 6.91. The van der Waals surface area contributed by atoms with E-state index in [4.69, 9.17) is 4.74 Å². The van der Waals surface area contributed by atoms with Crippen LogP contribution < -0.4 is 14.5 Å². The summed E-state index contributed by atoms with van der Waals surface area (Å²) in [5, 5.41) is 0. The third kappa shape index (κ3) is 3.11. The highest BCUT2D eigenvalue weighted by molar-refractivity contribution is 6.22. The van der Waals surface area contributed by atoms with Crippen LogP contribution in [0.25, 0.3) is 0 Å². The molecule has 2 saturated heterocycles. The van der Waals surface area contributed by atoms with Gasteiger partial charge < -0.3 is 9.64 Å². The first-order chi connectivity index (χ1) is 17.4. The molecule has 0 radical (unpaired) electrons. The molecule has 2 bridgehead atoms. The number of carbonyl (C=O) groups is 4. The van der Waals surface area contributed by atoms with Gasteiger partial charge in [0, 0.05) is 18.7 Å². The molecule has 36 heavy (non-hydrogen) atoms. The SMILES string of the molecule is Cc1ccc(N2C[C@H](C(=O)Oc3ccc(N4C(=O)[C@@H]5[C@@H]6C=C[C@H]([C@H]7C[C@H]67)[C@@H]5C4=O)cc3)CC2=O)cc1. The first-order valence-electron chi connectivity index (χ1n) is 12.7. The normalized spacial score (nSPS) is 33.7. The van der Waals surface area contributed by atoms with E-state index in [1.807, 2.05) is 31.2 Å². The minimum absolute atomic E-state index is 0.0999. The number of aryl methyl sites for hydroxylation is 1. The van der Waals surface area contributed by atoms with Gasteiger partial charge in [-0.3, -0.25) is 24.1 Å². The molecule has 8 rings (SSSR count). The van der Waals surface area contributed by atoms with Gasteiger partial charge in [0.2, 0.25) is 17.7 Å². The molecule has 6 aliphatic rings. The van der Waals surface area contributed by atoms with Gasteiger partial charge in [-0.15, -0.1) is 0 Å². The minimum atomic E-state index is -0.558. The smallest absolute Gasteiger partial charge is 0.316 e. The molecule has 0 unspecified atom stereocenters. The van der Waals surface area contributed by atoms with Gasteiger partial charge in [-0.2, -0.15) is 0 Å². The third-order valence-electron chi connectivity index (χ3n) is 8.78. The van der Waals surface area contributed by atoms with E-state index in [0.717, 1.165) is 17.7 Å². The summed E-state index contributed by atoms with van der Waals surface area (Å²) in [6, 6.07) is 14.1. The van der Waals surface area contributed by atoms with Crippen LogP contribution in [0.15, 0.2) is 60.7 Å². The van der Waals surface area contributed by atoms with E-state index in [2.05, 4.69) is 12.2 Å². The summed E-state index contributed by atoms with van der Waals surface area (Å²) < 4.78 is 5.56. The molecule has 2 aliphatic heterocycles. The lowest BCUT2D eigenvalue weighted by Crippen LogP contribution is -2.40. The summed E-state index contributed by atoms with van der Waals surface area (Å²) in [6.45, 7) is 2.25. The fraction of sp³-hybridized carbons (Fsp3) is 0.379. The highest BCUT2D eigenvalue weighted by atomic mass is 16.5. The molecule has 0 aromatic heterocycles. The van der Waals surface area contributed by atoms with Crippen LogP contribution in [0.3, 0.4) is 0 Å². The second kappa shape index (κ2) is 7.63. The lowest BCUT2D eigenvalue weighted by Gasteiger charge is -2.37. The van der Waals surface area contributed by atoms with Gasteiger partial charge in [0.25, 0.3) is 0 Å². The number of hydrogen-bond acceptors (Lipinski definition) is 5.